The molecule has 0 atom stereocenters. The number of alkyl halides is 3. The Bertz CT molecular complexity index is 1430. The van der Waals surface area contributed by atoms with Crippen LogP contribution < -0.4 is 20.3 Å². The number of likely N-dealkylation sites (tertiary alicyclic amines) is 1. The van der Waals surface area contributed by atoms with E-state index in [0.29, 0.717) is 31.0 Å². The molecular formula is C30H32F3N5O3. The van der Waals surface area contributed by atoms with Gasteiger partial charge in [0.15, 0.2) is 0 Å². The quantitative estimate of drug-likeness (QED) is 0.367. The maximum Gasteiger partial charge on any atom is 0.573 e. The molecule has 216 valence electrons. The van der Waals surface area contributed by atoms with Crippen LogP contribution in [0.1, 0.15) is 39.2 Å². The number of nitrogens with one attached hydrogen (secondary N) is 2. The summed E-state index contributed by atoms with van der Waals surface area (Å²) in [4.78, 5) is 34.3. The highest BCUT2D eigenvalue weighted by atomic mass is 19.4. The lowest BCUT2D eigenvalue weighted by atomic mass is 9.74. The first-order valence-corrected chi connectivity index (χ1v) is 13.4. The third-order valence-electron chi connectivity index (χ3n) is 7.56. The lowest BCUT2D eigenvalue weighted by Crippen LogP contribution is -2.49. The summed E-state index contributed by atoms with van der Waals surface area (Å²) >= 11 is 0. The maximum absolute atomic E-state index is 12.9. The Balaban J connectivity index is 1.33. The topological polar surface area (TPSA) is 86.8 Å². The molecule has 2 aliphatic rings. The van der Waals surface area contributed by atoms with E-state index in [2.05, 4.69) is 25.3 Å². The Labute approximate surface area is 236 Å². The molecule has 0 aliphatic carbocycles. The zero-order chi connectivity index (χ0) is 29.4. The van der Waals surface area contributed by atoms with Crippen molar-refractivity contribution in [3.05, 3.63) is 72.6 Å². The Morgan fingerprint density at radius 2 is 1.61 bits per heavy atom. The highest BCUT2D eigenvalue weighted by Crippen LogP contribution is 2.50. The van der Waals surface area contributed by atoms with Crippen LogP contribution in [0.25, 0.3) is 0 Å². The smallest absolute Gasteiger partial charge is 0.406 e. The van der Waals surface area contributed by atoms with Gasteiger partial charge in [-0.25, -0.2) is 4.79 Å². The van der Waals surface area contributed by atoms with Gasteiger partial charge < -0.3 is 25.2 Å². The van der Waals surface area contributed by atoms with E-state index in [1.807, 2.05) is 56.1 Å². The van der Waals surface area contributed by atoms with Crippen LogP contribution in [0.2, 0.25) is 0 Å². The van der Waals surface area contributed by atoms with Gasteiger partial charge in [-0.15, -0.1) is 13.2 Å². The van der Waals surface area contributed by atoms with Crippen molar-refractivity contribution in [3.63, 3.8) is 0 Å². The summed E-state index contributed by atoms with van der Waals surface area (Å²) < 4.78 is 41.2. The van der Waals surface area contributed by atoms with Gasteiger partial charge in [-0.05, 0) is 60.9 Å². The molecule has 1 fully saturated rings. The SMILES string of the molecule is CC(C)(C)C(=O)N1CCC2(CC1)CN(c1ccccc1NC(=O)Nc1ccc(OC(F)(F)F)cc1)c1cnccc12. The number of anilines is 4. The summed E-state index contributed by atoms with van der Waals surface area (Å²) in [6.45, 7) is 7.83. The highest BCUT2D eigenvalue weighted by molar-refractivity contribution is 6.02. The molecule has 0 bridgehead atoms. The number of hydrogen-bond acceptors (Lipinski definition) is 5. The number of piperidine rings is 1. The molecule has 2 aromatic carbocycles. The number of fused-ring (bicyclic) bond motifs is 2. The molecule has 0 unspecified atom stereocenters. The summed E-state index contributed by atoms with van der Waals surface area (Å²) in [5.74, 6) is -0.224. The summed E-state index contributed by atoms with van der Waals surface area (Å²) in [6, 6.07) is 13.8. The van der Waals surface area contributed by atoms with Gasteiger partial charge in [0, 0.05) is 42.3 Å². The number of benzene rings is 2. The Hall–Kier alpha value is -4.28. The molecule has 8 nitrogen and oxygen atoms in total. The molecule has 1 saturated heterocycles. The van der Waals surface area contributed by atoms with Crippen molar-refractivity contribution in [2.75, 3.05) is 35.2 Å². The van der Waals surface area contributed by atoms with Crippen LogP contribution in [0.3, 0.4) is 0 Å². The average Bonchev–Trinajstić information content (AvgIpc) is 3.22. The second kappa shape index (κ2) is 10.6. The number of carbonyl (C=O) groups is 2. The number of rotatable bonds is 4. The second-order valence-corrected chi connectivity index (χ2v) is 11.5. The summed E-state index contributed by atoms with van der Waals surface area (Å²) in [5.41, 5.74) is 3.19. The fourth-order valence-corrected chi connectivity index (χ4v) is 5.62. The largest absolute Gasteiger partial charge is 0.573 e. The van der Waals surface area contributed by atoms with E-state index < -0.39 is 17.8 Å². The molecule has 2 aliphatic heterocycles. The Morgan fingerprint density at radius 3 is 2.27 bits per heavy atom. The number of urea groups is 1. The minimum atomic E-state index is -4.79. The van der Waals surface area contributed by atoms with E-state index in [9.17, 15) is 22.8 Å². The fourth-order valence-electron chi connectivity index (χ4n) is 5.62. The maximum atomic E-state index is 12.9. The molecule has 1 aromatic heterocycles. The number of nitrogens with zero attached hydrogens (tertiary/aromatic N) is 3. The first-order valence-electron chi connectivity index (χ1n) is 13.4. The molecule has 3 heterocycles. The molecule has 1 spiro atoms. The van der Waals surface area contributed by atoms with Crippen LogP contribution in [0.4, 0.5) is 40.7 Å². The Kier molecular flexibility index (Phi) is 7.31. The van der Waals surface area contributed by atoms with Gasteiger partial charge in [0.25, 0.3) is 0 Å². The van der Waals surface area contributed by atoms with Gasteiger partial charge in [-0.2, -0.15) is 0 Å². The number of ether oxygens (including phenoxy) is 1. The molecule has 0 saturated carbocycles. The number of hydrogen-bond donors (Lipinski definition) is 2. The molecule has 3 aromatic rings. The number of aromatic nitrogens is 1. The number of pyridine rings is 1. The zero-order valence-electron chi connectivity index (χ0n) is 23.1. The van der Waals surface area contributed by atoms with Gasteiger partial charge in [-0.1, -0.05) is 32.9 Å². The van der Waals surface area contributed by atoms with Crippen molar-refractivity contribution in [1.29, 1.82) is 0 Å². The predicted octanol–water partition coefficient (Wildman–Crippen LogP) is 6.68. The normalized spacial score (nSPS) is 16.3. The molecule has 2 N–H and O–H groups in total. The second-order valence-electron chi connectivity index (χ2n) is 11.5. The minimum absolute atomic E-state index is 0.153. The van der Waals surface area contributed by atoms with Crippen molar-refractivity contribution in [2.45, 2.75) is 45.4 Å². The molecular weight excluding hydrogens is 535 g/mol. The van der Waals surface area contributed by atoms with Crippen molar-refractivity contribution in [2.24, 2.45) is 5.41 Å². The van der Waals surface area contributed by atoms with Crippen LogP contribution in [-0.4, -0.2) is 47.8 Å². The van der Waals surface area contributed by atoms with Gasteiger partial charge in [0.05, 0.1) is 23.3 Å². The van der Waals surface area contributed by atoms with E-state index in [1.165, 1.54) is 17.7 Å². The van der Waals surface area contributed by atoms with Crippen molar-refractivity contribution < 1.29 is 27.5 Å². The van der Waals surface area contributed by atoms with Crippen LogP contribution in [0, 0.1) is 5.41 Å². The van der Waals surface area contributed by atoms with Crippen LogP contribution >= 0.6 is 0 Å². The minimum Gasteiger partial charge on any atom is -0.406 e. The van der Waals surface area contributed by atoms with E-state index in [1.54, 1.807) is 12.3 Å². The number of para-hydroxylation sites is 2. The third kappa shape index (κ3) is 6.08. The molecule has 41 heavy (non-hydrogen) atoms. The predicted molar refractivity (Wildman–Crippen MR) is 150 cm³/mol. The molecule has 3 amide bonds. The third-order valence-corrected chi connectivity index (χ3v) is 7.56. The number of carbonyl (C=O) groups excluding carboxylic acids is 2. The van der Waals surface area contributed by atoms with Crippen molar-refractivity contribution >= 4 is 34.7 Å². The summed E-state index contributed by atoms with van der Waals surface area (Å²) in [6.07, 6.45) is 0.454. The zero-order valence-corrected chi connectivity index (χ0v) is 23.1. The lowest BCUT2D eigenvalue weighted by Gasteiger charge is -2.42. The molecule has 0 radical (unpaired) electrons. The van der Waals surface area contributed by atoms with Crippen molar-refractivity contribution in [1.82, 2.24) is 9.88 Å². The van der Waals surface area contributed by atoms with Gasteiger partial charge >= 0.3 is 12.4 Å². The van der Waals surface area contributed by atoms with Crippen LogP contribution in [0.15, 0.2) is 67.0 Å². The Morgan fingerprint density at radius 1 is 0.927 bits per heavy atom. The van der Waals surface area contributed by atoms with Gasteiger partial charge in [0.2, 0.25) is 5.91 Å². The first kappa shape index (κ1) is 28.3. The van der Waals surface area contributed by atoms with Gasteiger partial charge in [0.1, 0.15) is 5.75 Å². The average molecular weight is 568 g/mol. The van der Waals surface area contributed by atoms with Crippen LogP contribution in [0.5, 0.6) is 5.75 Å². The number of halogens is 3. The number of amides is 3. The summed E-state index contributed by atoms with van der Waals surface area (Å²) in [7, 11) is 0. The fraction of sp³-hybridized carbons (Fsp3) is 0.367. The van der Waals surface area contributed by atoms with E-state index in [0.717, 1.165) is 36.3 Å². The van der Waals surface area contributed by atoms with E-state index in [-0.39, 0.29) is 17.1 Å². The highest BCUT2D eigenvalue weighted by Gasteiger charge is 2.46. The van der Waals surface area contributed by atoms with Crippen LogP contribution in [-0.2, 0) is 10.2 Å². The van der Waals surface area contributed by atoms with Gasteiger partial charge in [-0.3, -0.25) is 9.78 Å². The van der Waals surface area contributed by atoms with E-state index in [4.69, 9.17) is 0 Å². The lowest BCUT2D eigenvalue weighted by molar-refractivity contribution is -0.274. The standard InChI is InChI=1S/C30H32F3N5O3/c1-28(2,3)26(39)37-16-13-29(14-17-37)19-38(25-18-34-15-12-22(25)29)24-7-5-4-6-23(24)36-27(40)35-20-8-10-21(11-9-20)41-30(31,32)33/h4-12,15,18H,13-14,16-17,19H2,1-3H3,(H2,35,36,40). The first-order chi connectivity index (χ1) is 19.3. The molecule has 5 rings (SSSR count). The summed E-state index contributed by atoms with van der Waals surface area (Å²) in [5, 5.41) is 5.52. The molecule has 11 heteroatoms. The van der Waals surface area contributed by atoms with E-state index >= 15 is 0 Å². The monoisotopic (exact) mass is 567 g/mol. The van der Waals surface area contributed by atoms with Crippen molar-refractivity contribution in [3.8, 4) is 5.75 Å².